The summed E-state index contributed by atoms with van der Waals surface area (Å²) in [5.74, 6) is -0.0437. The average molecular weight is 249 g/mol. The number of hydrogen-bond donors (Lipinski definition) is 0. The van der Waals surface area contributed by atoms with E-state index in [2.05, 4.69) is 6.58 Å². The van der Waals surface area contributed by atoms with Gasteiger partial charge < -0.3 is 4.74 Å². The van der Waals surface area contributed by atoms with E-state index in [0.29, 0.717) is 18.6 Å². The lowest BCUT2D eigenvalue weighted by molar-refractivity contribution is -0.385. The largest absolute Gasteiger partial charge is 0.486 e. The van der Waals surface area contributed by atoms with Crippen molar-refractivity contribution >= 4 is 11.5 Å². The van der Waals surface area contributed by atoms with E-state index < -0.39 is 4.92 Å². The van der Waals surface area contributed by atoms with E-state index in [9.17, 15) is 14.9 Å². The molecular weight excluding hydrogens is 234 g/mol. The van der Waals surface area contributed by atoms with Gasteiger partial charge in [-0.3, -0.25) is 14.9 Å². The van der Waals surface area contributed by atoms with Crippen molar-refractivity contribution in [3.63, 3.8) is 0 Å². The number of rotatable bonds is 6. The summed E-state index contributed by atoms with van der Waals surface area (Å²) in [6.07, 6.45) is 0.631. The Hall–Kier alpha value is -2.17. The van der Waals surface area contributed by atoms with Crippen molar-refractivity contribution < 1.29 is 14.5 Å². The maximum atomic E-state index is 11.2. The number of carbonyl (C=O) groups is 1. The standard InChI is InChI=1S/C13H15NO4/c1-9(2)6-7-18-13-5-4-11(10(3)15)8-12(13)14(16)17/h4-5,8H,1,6-7H2,2-3H3. The predicted octanol–water partition coefficient (Wildman–Crippen LogP) is 3.14. The van der Waals surface area contributed by atoms with Crippen molar-refractivity contribution in [3.8, 4) is 5.75 Å². The van der Waals surface area contributed by atoms with E-state index >= 15 is 0 Å². The van der Waals surface area contributed by atoms with Gasteiger partial charge in [-0.1, -0.05) is 5.57 Å². The molecule has 0 heterocycles. The molecule has 5 heteroatoms. The van der Waals surface area contributed by atoms with E-state index in [0.717, 1.165) is 5.57 Å². The quantitative estimate of drug-likeness (QED) is 0.336. The van der Waals surface area contributed by atoms with Gasteiger partial charge in [-0.2, -0.15) is 0 Å². The van der Waals surface area contributed by atoms with Gasteiger partial charge in [0.1, 0.15) is 0 Å². The lowest BCUT2D eigenvalue weighted by atomic mass is 10.1. The molecule has 1 aromatic rings. The first-order valence-corrected chi connectivity index (χ1v) is 5.48. The maximum Gasteiger partial charge on any atom is 0.311 e. The molecule has 0 aliphatic rings. The fourth-order valence-electron chi connectivity index (χ4n) is 1.34. The highest BCUT2D eigenvalue weighted by Gasteiger charge is 2.17. The normalized spacial score (nSPS) is 9.89. The number of ether oxygens (including phenoxy) is 1. The van der Waals surface area contributed by atoms with Crippen molar-refractivity contribution in [3.05, 3.63) is 46.0 Å². The Kier molecular flexibility index (Phi) is 4.59. The number of nitro groups is 1. The Bertz CT molecular complexity index is 494. The minimum Gasteiger partial charge on any atom is -0.486 e. The van der Waals surface area contributed by atoms with Gasteiger partial charge in [0.25, 0.3) is 0 Å². The summed E-state index contributed by atoms with van der Waals surface area (Å²) in [6.45, 7) is 7.27. The Labute approximate surface area is 105 Å². The van der Waals surface area contributed by atoms with Crippen LogP contribution < -0.4 is 4.74 Å². The molecule has 0 unspecified atom stereocenters. The lowest BCUT2D eigenvalue weighted by Gasteiger charge is -2.07. The Morgan fingerprint density at radius 3 is 2.61 bits per heavy atom. The molecule has 0 N–H and O–H groups in total. The van der Waals surface area contributed by atoms with Crippen LogP contribution in [0, 0.1) is 10.1 Å². The highest BCUT2D eigenvalue weighted by molar-refractivity contribution is 5.95. The monoisotopic (exact) mass is 249 g/mol. The summed E-state index contributed by atoms with van der Waals surface area (Å²) in [4.78, 5) is 21.5. The molecule has 0 amide bonds. The lowest BCUT2D eigenvalue weighted by Crippen LogP contribution is -2.02. The van der Waals surface area contributed by atoms with Crippen LogP contribution >= 0.6 is 0 Å². The number of hydrogen-bond acceptors (Lipinski definition) is 4. The Morgan fingerprint density at radius 2 is 2.11 bits per heavy atom. The van der Waals surface area contributed by atoms with Crippen LogP contribution in [0.1, 0.15) is 30.6 Å². The van der Waals surface area contributed by atoms with Gasteiger partial charge >= 0.3 is 5.69 Å². The molecule has 0 aliphatic heterocycles. The molecule has 1 aromatic carbocycles. The van der Waals surface area contributed by atoms with Gasteiger partial charge in [0.05, 0.1) is 11.5 Å². The molecule has 0 saturated heterocycles. The van der Waals surface area contributed by atoms with Gasteiger partial charge in [0, 0.05) is 18.1 Å². The van der Waals surface area contributed by atoms with Crippen LogP contribution in [0.4, 0.5) is 5.69 Å². The van der Waals surface area contributed by atoms with Crippen LogP contribution in [0.15, 0.2) is 30.4 Å². The van der Waals surface area contributed by atoms with Gasteiger partial charge in [-0.25, -0.2) is 0 Å². The fraction of sp³-hybridized carbons (Fsp3) is 0.308. The molecular formula is C13H15NO4. The van der Waals surface area contributed by atoms with E-state index in [1.54, 1.807) is 0 Å². The van der Waals surface area contributed by atoms with Gasteiger partial charge in [-0.15, -0.1) is 6.58 Å². The molecule has 1 rings (SSSR count). The molecule has 0 spiro atoms. The molecule has 18 heavy (non-hydrogen) atoms. The summed E-state index contributed by atoms with van der Waals surface area (Å²) < 4.78 is 5.33. The van der Waals surface area contributed by atoms with Crippen LogP contribution in [-0.4, -0.2) is 17.3 Å². The van der Waals surface area contributed by atoms with Crippen LogP contribution in [0.25, 0.3) is 0 Å². The van der Waals surface area contributed by atoms with Crippen molar-refractivity contribution in [2.24, 2.45) is 0 Å². The summed E-state index contributed by atoms with van der Waals surface area (Å²) in [5, 5.41) is 10.9. The smallest absolute Gasteiger partial charge is 0.311 e. The number of nitrogens with zero attached hydrogens (tertiary/aromatic N) is 1. The number of Topliss-reactive ketones (excluding diaryl/α,β-unsaturated/α-hetero) is 1. The highest BCUT2D eigenvalue weighted by atomic mass is 16.6. The number of benzene rings is 1. The van der Waals surface area contributed by atoms with Crippen molar-refractivity contribution in [1.82, 2.24) is 0 Å². The van der Waals surface area contributed by atoms with Crippen LogP contribution in [-0.2, 0) is 0 Å². The topological polar surface area (TPSA) is 69.4 Å². The van der Waals surface area contributed by atoms with E-state index in [1.165, 1.54) is 25.1 Å². The zero-order valence-corrected chi connectivity index (χ0v) is 10.4. The predicted molar refractivity (Wildman–Crippen MR) is 68.0 cm³/mol. The van der Waals surface area contributed by atoms with Crippen LogP contribution in [0.3, 0.4) is 0 Å². The second kappa shape index (κ2) is 5.95. The van der Waals surface area contributed by atoms with Gasteiger partial charge in [0.15, 0.2) is 11.5 Å². The first-order valence-electron chi connectivity index (χ1n) is 5.48. The molecule has 0 radical (unpaired) electrons. The van der Waals surface area contributed by atoms with E-state index in [-0.39, 0.29) is 17.2 Å². The van der Waals surface area contributed by atoms with Crippen molar-refractivity contribution in [1.29, 1.82) is 0 Å². The second-order valence-corrected chi connectivity index (χ2v) is 4.05. The zero-order valence-electron chi connectivity index (χ0n) is 10.4. The van der Waals surface area contributed by atoms with Crippen LogP contribution in [0.2, 0.25) is 0 Å². The molecule has 96 valence electrons. The number of carbonyl (C=O) groups excluding carboxylic acids is 1. The highest BCUT2D eigenvalue weighted by Crippen LogP contribution is 2.28. The Balaban J connectivity index is 2.93. The van der Waals surface area contributed by atoms with Gasteiger partial charge in [0.2, 0.25) is 0 Å². The third-order valence-corrected chi connectivity index (χ3v) is 2.35. The molecule has 0 bridgehead atoms. The van der Waals surface area contributed by atoms with E-state index in [1.807, 2.05) is 6.92 Å². The minimum atomic E-state index is -0.553. The molecule has 0 saturated carbocycles. The average Bonchev–Trinajstić information content (AvgIpc) is 2.28. The van der Waals surface area contributed by atoms with Crippen molar-refractivity contribution in [2.45, 2.75) is 20.3 Å². The van der Waals surface area contributed by atoms with E-state index in [4.69, 9.17) is 4.74 Å². The number of nitro benzene ring substituents is 1. The molecule has 0 aliphatic carbocycles. The van der Waals surface area contributed by atoms with Crippen molar-refractivity contribution in [2.75, 3.05) is 6.61 Å². The third kappa shape index (κ3) is 3.69. The van der Waals surface area contributed by atoms with Crippen LogP contribution in [0.5, 0.6) is 5.75 Å². The molecule has 0 aromatic heterocycles. The zero-order chi connectivity index (χ0) is 13.7. The molecule has 0 fully saturated rings. The summed E-state index contributed by atoms with van der Waals surface area (Å²) >= 11 is 0. The summed E-state index contributed by atoms with van der Waals surface area (Å²) in [5.41, 5.74) is 1.05. The maximum absolute atomic E-state index is 11.2. The molecule has 0 atom stereocenters. The first-order chi connectivity index (χ1) is 8.41. The summed E-state index contributed by atoms with van der Waals surface area (Å²) in [7, 11) is 0. The SMILES string of the molecule is C=C(C)CCOc1ccc(C(C)=O)cc1[N+](=O)[O-]. The molecule has 5 nitrogen and oxygen atoms in total. The Morgan fingerprint density at radius 1 is 1.44 bits per heavy atom. The number of ketones is 1. The first kappa shape index (κ1) is 13.9. The summed E-state index contributed by atoms with van der Waals surface area (Å²) in [6, 6.07) is 4.21. The fourth-order valence-corrected chi connectivity index (χ4v) is 1.34. The third-order valence-electron chi connectivity index (χ3n) is 2.35. The minimum absolute atomic E-state index is 0.172. The second-order valence-electron chi connectivity index (χ2n) is 4.05. The van der Waals surface area contributed by atoms with Gasteiger partial charge in [-0.05, 0) is 26.0 Å².